The Morgan fingerprint density at radius 3 is 1.82 bits per heavy atom. The van der Waals surface area contributed by atoms with Crippen LogP contribution in [0.4, 0.5) is 0 Å². The van der Waals surface area contributed by atoms with Gasteiger partial charge in [0.15, 0.2) is 5.78 Å². The first-order valence-corrected chi connectivity index (χ1v) is 10.8. The van der Waals surface area contributed by atoms with Crippen LogP contribution in [0.3, 0.4) is 0 Å². The number of methoxy groups -OCH3 is 1. The third-order valence-electron chi connectivity index (χ3n) is 5.66. The lowest BCUT2D eigenvalue weighted by Gasteiger charge is -2.18. The number of hydrogen-bond acceptors (Lipinski definition) is 5. The van der Waals surface area contributed by atoms with Gasteiger partial charge in [0, 0.05) is 22.8 Å². The molecule has 166 valence electrons. The molecule has 1 aliphatic carbocycles. The molecule has 5 nitrogen and oxygen atoms in total. The Hall–Kier alpha value is -3.99. The molecule has 0 heterocycles. The van der Waals surface area contributed by atoms with Crippen LogP contribution in [0.5, 0.6) is 0 Å². The van der Waals surface area contributed by atoms with Gasteiger partial charge in [0.05, 0.1) is 12.8 Å². The van der Waals surface area contributed by atoms with Gasteiger partial charge in [0.25, 0.3) is 0 Å². The highest BCUT2D eigenvalue weighted by atomic mass is 16.5. The minimum atomic E-state index is -0.668. The lowest BCUT2D eigenvalue weighted by atomic mass is 9.86. The molecule has 5 heteroatoms. The second-order valence-corrected chi connectivity index (χ2v) is 8.90. The zero-order chi connectivity index (χ0) is 23.6. The number of rotatable bonds is 5. The number of nitrogens with zero attached hydrogens (tertiary/aromatic N) is 1. The smallest absolute Gasteiger partial charge is 0.356 e. The summed E-state index contributed by atoms with van der Waals surface area (Å²) < 4.78 is 4.88. The largest absolute Gasteiger partial charge is 0.464 e. The van der Waals surface area contributed by atoms with Gasteiger partial charge in [-0.15, -0.1) is 0 Å². The van der Waals surface area contributed by atoms with Gasteiger partial charge in [-0.05, 0) is 22.1 Å². The molecule has 1 aliphatic rings. The molecular formula is C28H26N2O3. The van der Waals surface area contributed by atoms with Crippen LogP contribution < -0.4 is 5.43 Å². The van der Waals surface area contributed by atoms with Crippen LogP contribution in [0.2, 0.25) is 0 Å². The summed E-state index contributed by atoms with van der Waals surface area (Å²) in [4.78, 5) is 25.2. The molecule has 0 saturated carbocycles. The summed E-state index contributed by atoms with van der Waals surface area (Å²) in [6.45, 7) is 6.34. The number of allylic oxidation sites excluding steroid dienone is 1. The zero-order valence-corrected chi connectivity index (χ0v) is 19.2. The number of benzene rings is 3. The van der Waals surface area contributed by atoms with Gasteiger partial charge in [-0.25, -0.2) is 4.79 Å². The summed E-state index contributed by atoms with van der Waals surface area (Å²) in [5.41, 5.74) is 9.12. The summed E-state index contributed by atoms with van der Waals surface area (Å²) in [7, 11) is 1.27. The molecule has 3 aromatic rings. The SMILES string of the molecule is COC(=O)C(=CC(=O)c1ccc(C(C)(C)C)cc1)NN=C1c2ccccc2-c2ccccc21. The molecule has 0 amide bonds. The number of fused-ring (bicyclic) bond motifs is 3. The first-order valence-electron chi connectivity index (χ1n) is 10.8. The number of esters is 1. The highest BCUT2D eigenvalue weighted by Crippen LogP contribution is 2.36. The molecule has 0 atom stereocenters. The predicted molar refractivity (Wildman–Crippen MR) is 130 cm³/mol. The van der Waals surface area contributed by atoms with Gasteiger partial charge in [-0.1, -0.05) is 93.6 Å². The van der Waals surface area contributed by atoms with Crippen LogP contribution >= 0.6 is 0 Å². The molecule has 0 bridgehead atoms. The lowest BCUT2D eigenvalue weighted by molar-refractivity contribution is -0.136. The molecule has 1 N–H and O–H groups in total. The number of ketones is 1. The fourth-order valence-corrected chi connectivity index (χ4v) is 3.83. The van der Waals surface area contributed by atoms with Gasteiger partial charge in [0.1, 0.15) is 5.70 Å². The van der Waals surface area contributed by atoms with Crippen molar-refractivity contribution in [1.29, 1.82) is 0 Å². The van der Waals surface area contributed by atoms with E-state index in [4.69, 9.17) is 4.74 Å². The molecule has 4 rings (SSSR count). The first-order chi connectivity index (χ1) is 15.8. The maximum atomic E-state index is 12.9. The summed E-state index contributed by atoms with van der Waals surface area (Å²) in [5, 5.41) is 4.51. The van der Waals surface area contributed by atoms with Crippen molar-refractivity contribution in [3.63, 3.8) is 0 Å². The van der Waals surface area contributed by atoms with Crippen molar-refractivity contribution in [2.45, 2.75) is 26.2 Å². The summed E-state index contributed by atoms with van der Waals surface area (Å²) in [6.07, 6.45) is 1.23. The Morgan fingerprint density at radius 2 is 1.33 bits per heavy atom. The van der Waals surface area contributed by atoms with E-state index < -0.39 is 5.97 Å². The topological polar surface area (TPSA) is 67.8 Å². The first kappa shape index (κ1) is 22.2. The maximum Gasteiger partial charge on any atom is 0.356 e. The number of hydrogen-bond donors (Lipinski definition) is 1. The molecule has 33 heavy (non-hydrogen) atoms. The van der Waals surface area contributed by atoms with E-state index in [0.717, 1.165) is 27.8 Å². The van der Waals surface area contributed by atoms with Crippen molar-refractivity contribution in [2.24, 2.45) is 5.10 Å². The minimum absolute atomic E-state index is 0.0138. The van der Waals surface area contributed by atoms with E-state index >= 15 is 0 Å². The van der Waals surface area contributed by atoms with Crippen LogP contribution in [-0.2, 0) is 14.9 Å². The Bertz CT molecular complexity index is 1230. The van der Waals surface area contributed by atoms with E-state index in [9.17, 15) is 9.59 Å². The van der Waals surface area contributed by atoms with E-state index in [1.807, 2.05) is 60.7 Å². The normalized spacial score (nSPS) is 12.6. The Morgan fingerprint density at radius 1 is 0.818 bits per heavy atom. The summed E-state index contributed by atoms with van der Waals surface area (Å²) >= 11 is 0. The minimum Gasteiger partial charge on any atom is -0.464 e. The molecular weight excluding hydrogens is 412 g/mol. The van der Waals surface area contributed by atoms with E-state index in [-0.39, 0.29) is 16.9 Å². The Kier molecular flexibility index (Phi) is 5.97. The summed E-state index contributed by atoms with van der Waals surface area (Å²) in [5.74, 6) is -0.977. The maximum absolute atomic E-state index is 12.9. The highest BCUT2D eigenvalue weighted by Gasteiger charge is 2.24. The molecule has 0 fully saturated rings. The molecule has 3 aromatic carbocycles. The third-order valence-corrected chi connectivity index (χ3v) is 5.66. The second-order valence-electron chi connectivity index (χ2n) is 8.90. The number of hydrazone groups is 1. The monoisotopic (exact) mass is 438 g/mol. The fraction of sp³-hybridized carbons (Fsp3) is 0.179. The van der Waals surface area contributed by atoms with Crippen LogP contribution in [0.1, 0.15) is 47.8 Å². The van der Waals surface area contributed by atoms with Gasteiger partial charge in [-0.2, -0.15) is 5.10 Å². The number of ether oxygens (including phenoxy) is 1. The van der Waals surface area contributed by atoms with E-state index in [0.29, 0.717) is 11.3 Å². The third kappa shape index (κ3) is 4.48. The van der Waals surface area contributed by atoms with Gasteiger partial charge in [0.2, 0.25) is 0 Å². The molecule has 0 saturated heterocycles. The van der Waals surface area contributed by atoms with E-state index in [1.54, 1.807) is 12.1 Å². The predicted octanol–water partition coefficient (Wildman–Crippen LogP) is 5.25. The van der Waals surface area contributed by atoms with Crippen LogP contribution in [0.25, 0.3) is 11.1 Å². The van der Waals surface area contributed by atoms with E-state index in [2.05, 4.69) is 31.3 Å². The van der Waals surface area contributed by atoms with Gasteiger partial charge < -0.3 is 4.74 Å². The standard InChI is InChI=1S/C28H26N2O3/c1-28(2,3)19-15-13-18(14-16-19)25(31)17-24(27(32)33-4)29-30-26-22-11-7-5-9-20(22)21-10-6-8-12-23(21)26/h5-17,29H,1-4H3. The Balaban J connectivity index is 1.66. The molecule has 0 radical (unpaired) electrons. The molecule has 0 unspecified atom stereocenters. The van der Waals surface area contributed by atoms with Crippen molar-refractivity contribution in [2.75, 3.05) is 7.11 Å². The summed E-state index contributed by atoms with van der Waals surface area (Å²) in [6, 6.07) is 23.3. The van der Waals surface area contributed by atoms with Crippen LogP contribution in [0.15, 0.2) is 89.7 Å². The average molecular weight is 439 g/mol. The molecule has 0 spiro atoms. The number of nitrogens with one attached hydrogen (secondary N) is 1. The molecule has 0 aromatic heterocycles. The van der Waals surface area contributed by atoms with Crippen LogP contribution in [-0.4, -0.2) is 24.6 Å². The van der Waals surface area contributed by atoms with Crippen LogP contribution in [0, 0.1) is 0 Å². The number of carbonyl (C=O) groups excluding carboxylic acids is 2. The quantitative estimate of drug-likeness (QED) is 0.200. The van der Waals surface area contributed by atoms with Gasteiger partial charge in [-0.3, -0.25) is 10.2 Å². The lowest BCUT2D eigenvalue weighted by Crippen LogP contribution is -2.20. The van der Waals surface area contributed by atoms with Crippen molar-refractivity contribution in [3.8, 4) is 11.1 Å². The highest BCUT2D eigenvalue weighted by molar-refractivity contribution is 6.24. The van der Waals surface area contributed by atoms with Crippen molar-refractivity contribution < 1.29 is 14.3 Å². The van der Waals surface area contributed by atoms with E-state index in [1.165, 1.54) is 13.2 Å². The molecule has 0 aliphatic heterocycles. The fourth-order valence-electron chi connectivity index (χ4n) is 3.83. The van der Waals surface area contributed by atoms with Gasteiger partial charge >= 0.3 is 5.97 Å². The average Bonchev–Trinajstić information content (AvgIpc) is 3.14. The second kappa shape index (κ2) is 8.87. The van der Waals surface area contributed by atoms with Crippen molar-refractivity contribution in [3.05, 3.63) is 107 Å². The zero-order valence-electron chi connectivity index (χ0n) is 19.2. The number of carbonyl (C=O) groups is 2. The Labute approximate surface area is 193 Å². The van der Waals surface area contributed by atoms with Crippen molar-refractivity contribution >= 4 is 17.5 Å². The van der Waals surface area contributed by atoms with Crippen molar-refractivity contribution in [1.82, 2.24) is 5.43 Å².